The molecule has 1 aliphatic carbocycles. The van der Waals surface area contributed by atoms with Crippen molar-refractivity contribution in [2.75, 3.05) is 6.54 Å². The van der Waals surface area contributed by atoms with E-state index >= 15 is 0 Å². The Hall–Kier alpha value is -1.29. The minimum absolute atomic E-state index is 0.265. The fourth-order valence-electron chi connectivity index (χ4n) is 2.90. The number of carbonyl (C=O) groups is 1. The molecule has 0 bridgehead atoms. The van der Waals surface area contributed by atoms with Crippen LogP contribution in [0.3, 0.4) is 0 Å². The van der Waals surface area contributed by atoms with Crippen molar-refractivity contribution in [1.29, 1.82) is 0 Å². The van der Waals surface area contributed by atoms with E-state index in [2.05, 4.69) is 18.4 Å². The summed E-state index contributed by atoms with van der Waals surface area (Å²) in [5, 5.41) is 10.2. The Kier molecular flexibility index (Phi) is 1.79. The first-order valence-electron chi connectivity index (χ1n) is 5.70. The summed E-state index contributed by atoms with van der Waals surface area (Å²) in [6.07, 6.45) is 2.06. The Morgan fingerprint density at radius 2 is 2.06 bits per heavy atom. The first-order valence-corrected chi connectivity index (χ1v) is 5.70. The molecule has 0 fully saturated rings. The second kappa shape index (κ2) is 2.88. The Morgan fingerprint density at radius 1 is 1.31 bits per heavy atom. The van der Waals surface area contributed by atoms with Gasteiger partial charge in [-0.2, -0.15) is 0 Å². The fraction of sp³-hybridized carbons (Fsp3) is 0.583. The van der Waals surface area contributed by atoms with Gasteiger partial charge in [-0.15, -0.1) is 0 Å². The predicted octanol–water partition coefficient (Wildman–Crippen LogP) is 1.46. The van der Waals surface area contributed by atoms with Gasteiger partial charge < -0.3 is 4.57 Å². The van der Waals surface area contributed by atoms with Gasteiger partial charge >= 0.3 is 0 Å². The standard InChI is InChI=1S/C12H16N2O2/c1-12(2)6-8-5-9-11(15)14(16)4-3-13(9)10(8)7-12/h5,16H,3-4,6-7H2,1-2H3. The molecule has 2 heterocycles. The quantitative estimate of drug-likeness (QED) is 0.673. The van der Waals surface area contributed by atoms with Crippen LogP contribution in [-0.4, -0.2) is 27.3 Å². The van der Waals surface area contributed by atoms with Crippen molar-refractivity contribution in [1.82, 2.24) is 9.63 Å². The molecule has 0 aromatic carbocycles. The van der Waals surface area contributed by atoms with Gasteiger partial charge in [0, 0.05) is 12.2 Å². The van der Waals surface area contributed by atoms with Gasteiger partial charge in [0.25, 0.3) is 5.91 Å². The minimum Gasteiger partial charge on any atom is -0.338 e. The zero-order valence-corrected chi connectivity index (χ0v) is 9.66. The molecule has 0 saturated heterocycles. The Labute approximate surface area is 94.4 Å². The van der Waals surface area contributed by atoms with E-state index in [1.807, 2.05) is 6.07 Å². The van der Waals surface area contributed by atoms with Crippen molar-refractivity contribution >= 4 is 5.91 Å². The molecule has 0 spiro atoms. The van der Waals surface area contributed by atoms with Gasteiger partial charge in [0.05, 0.1) is 6.54 Å². The molecule has 1 N–H and O–H groups in total. The summed E-state index contributed by atoms with van der Waals surface area (Å²) < 4.78 is 2.08. The lowest BCUT2D eigenvalue weighted by Gasteiger charge is -2.25. The Balaban J connectivity index is 2.08. The number of amides is 1. The normalized spacial score (nSPS) is 22.2. The molecular formula is C12H16N2O2. The summed E-state index contributed by atoms with van der Waals surface area (Å²) >= 11 is 0. The van der Waals surface area contributed by atoms with Gasteiger partial charge in [0.15, 0.2) is 0 Å². The Morgan fingerprint density at radius 3 is 2.81 bits per heavy atom. The van der Waals surface area contributed by atoms with Gasteiger partial charge in [-0.3, -0.25) is 10.0 Å². The van der Waals surface area contributed by atoms with Crippen molar-refractivity contribution < 1.29 is 10.0 Å². The molecule has 1 amide bonds. The lowest BCUT2D eigenvalue weighted by atomic mass is 9.90. The van der Waals surface area contributed by atoms with Crippen LogP contribution in [0.15, 0.2) is 6.07 Å². The molecule has 3 rings (SSSR count). The summed E-state index contributed by atoms with van der Waals surface area (Å²) in [4.78, 5) is 11.7. The van der Waals surface area contributed by atoms with E-state index in [1.165, 1.54) is 11.3 Å². The van der Waals surface area contributed by atoms with Crippen molar-refractivity contribution in [2.24, 2.45) is 5.41 Å². The molecule has 0 saturated carbocycles. The summed E-state index contributed by atoms with van der Waals surface area (Å²) in [6.45, 7) is 5.61. The topological polar surface area (TPSA) is 45.5 Å². The van der Waals surface area contributed by atoms with Crippen LogP contribution in [0.2, 0.25) is 0 Å². The third-order valence-corrected chi connectivity index (χ3v) is 3.60. The largest absolute Gasteiger partial charge is 0.338 e. The van der Waals surface area contributed by atoms with Gasteiger partial charge in [0.1, 0.15) is 5.69 Å². The average molecular weight is 220 g/mol. The van der Waals surface area contributed by atoms with Crippen molar-refractivity contribution in [3.8, 4) is 0 Å². The van der Waals surface area contributed by atoms with Gasteiger partial charge in [-0.25, -0.2) is 5.06 Å². The maximum atomic E-state index is 11.7. The van der Waals surface area contributed by atoms with Crippen LogP contribution >= 0.6 is 0 Å². The highest BCUT2D eigenvalue weighted by molar-refractivity contribution is 5.93. The van der Waals surface area contributed by atoms with Crippen LogP contribution in [0.1, 0.15) is 35.6 Å². The molecule has 2 aliphatic rings. The smallest absolute Gasteiger partial charge is 0.293 e. The molecule has 4 nitrogen and oxygen atoms in total. The molecule has 1 aliphatic heterocycles. The number of hydrogen-bond acceptors (Lipinski definition) is 2. The van der Waals surface area contributed by atoms with E-state index in [0.717, 1.165) is 17.9 Å². The summed E-state index contributed by atoms with van der Waals surface area (Å²) in [5.41, 5.74) is 3.53. The highest BCUT2D eigenvalue weighted by Gasteiger charge is 2.35. The van der Waals surface area contributed by atoms with E-state index < -0.39 is 0 Å². The molecule has 0 unspecified atom stereocenters. The second-order valence-electron chi connectivity index (χ2n) is 5.60. The number of hydrogen-bond donors (Lipinski definition) is 1. The fourth-order valence-corrected chi connectivity index (χ4v) is 2.90. The van der Waals surface area contributed by atoms with Crippen LogP contribution in [-0.2, 0) is 19.4 Å². The summed E-state index contributed by atoms with van der Waals surface area (Å²) in [5.74, 6) is -0.265. The highest BCUT2D eigenvalue weighted by Crippen LogP contribution is 2.38. The Bertz CT molecular complexity index is 474. The SMILES string of the molecule is CC1(C)Cc2cc3n(c2C1)CCN(O)C3=O. The van der Waals surface area contributed by atoms with Crippen LogP contribution in [0.25, 0.3) is 0 Å². The number of carbonyl (C=O) groups excluding carboxylic acids is 1. The van der Waals surface area contributed by atoms with Gasteiger partial charge in [0.2, 0.25) is 0 Å². The lowest BCUT2D eigenvalue weighted by molar-refractivity contribution is -0.0662. The van der Waals surface area contributed by atoms with Gasteiger partial charge in [-0.05, 0) is 29.9 Å². The van der Waals surface area contributed by atoms with Crippen LogP contribution in [0, 0.1) is 5.41 Å². The first-order chi connectivity index (χ1) is 7.48. The molecule has 0 radical (unpaired) electrons. The van der Waals surface area contributed by atoms with E-state index in [9.17, 15) is 10.0 Å². The first kappa shape index (κ1) is 9.90. The zero-order valence-electron chi connectivity index (χ0n) is 9.66. The third kappa shape index (κ3) is 1.23. The maximum Gasteiger partial charge on any atom is 0.293 e. The average Bonchev–Trinajstić information content (AvgIpc) is 2.64. The number of nitrogens with zero attached hydrogens (tertiary/aromatic N) is 2. The maximum absolute atomic E-state index is 11.7. The van der Waals surface area contributed by atoms with E-state index in [4.69, 9.17) is 0 Å². The van der Waals surface area contributed by atoms with Gasteiger partial charge in [-0.1, -0.05) is 13.8 Å². The lowest BCUT2D eigenvalue weighted by Crippen LogP contribution is -2.38. The molecule has 86 valence electrons. The number of hydroxylamine groups is 2. The predicted molar refractivity (Wildman–Crippen MR) is 58.4 cm³/mol. The second-order valence-corrected chi connectivity index (χ2v) is 5.60. The van der Waals surface area contributed by atoms with E-state index in [1.54, 1.807) is 0 Å². The van der Waals surface area contributed by atoms with Crippen LogP contribution in [0.5, 0.6) is 0 Å². The number of aromatic nitrogens is 1. The van der Waals surface area contributed by atoms with Crippen molar-refractivity contribution in [3.63, 3.8) is 0 Å². The molecule has 4 heteroatoms. The number of rotatable bonds is 0. The zero-order chi connectivity index (χ0) is 11.5. The minimum atomic E-state index is -0.265. The van der Waals surface area contributed by atoms with Crippen molar-refractivity contribution in [3.05, 3.63) is 23.0 Å². The van der Waals surface area contributed by atoms with E-state index in [-0.39, 0.29) is 5.91 Å². The molecule has 1 aromatic heterocycles. The van der Waals surface area contributed by atoms with E-state index in [0.29, 0.717) is 24.2 Å². The molecular weight excluding hydrogens is 204 g/mol. The third-order valence-electron chi connectivity index (χ3n) is 3.60. The summed E-state index contributed by atoms with van der Waals surface area (Å²) in [6, 6.07) is 1.95. The monoisotopic (exact) mass is 220 g/mol. The highest BCUT2D eigenvalue weighted by atomic mass is 16.5. The van der Waals surface area contributed by atoms with Crippen molar-refractivity contribution in [2.45, 2.75) is 33.2 Å². The molecule has 1 aromatic rings. The number of fused-ring (bicyclic) bond motifs is 3. The molecule has 16 heavy (non-hydrogen) atoms. The molecule has 0 atom stereocenters. The van der Waals surface area contributed by atoms with Crippen LogP contribution in [0.4, 0.5) is 0 Å². The van der Waals surface area contributed by atoms with Crippen LogP contribution < -0.4 is 0 Å². The summed E-state index contributed by atoms with van der Waals surface area (Å²) in [7, 11) is 0.